The molecule has 0 radical (unpaired) electrons. The van der Waals surface area contributed by atoms with Crippen molar-refractivity contribution in [2.45, 2.75) is 33.1 Å². The summed E-state index contributed by atoms with van der Waals surface area (Å²) in [7, 11) is 1.68. The van der Waals surface area contributed by atoms with Gasteiger partial charge in [0.15, 0.2) is 5.96 Å². The van der Waals surface area contributed by atoms with Crippen molar-refractivity contribution in [3.8, 4) is 5.75 Å². The predicted molar refractivity (Wildman–Crippen MR) is 123 cm³/mol. The molecule has 0 amide bonds. The van der Waals surface area contributed by atoms with Gasteiger partial charge in [0.05, 0.1) is 19.8 Å². The molecule has 0 bridgehead atoms. The highest BCUT2D eigenvalue weighted by molar-refractivity contribution is 14.0. The number of guanidine groups is 1. The summed E-state index contributed by atoms with van der Waals surface area (Å²) in [5, 5.41) is 6.65. The van der Waals surface area contributed by atoms with Crippen molar-refractivity contribution >= 4 is 29.9 Å². The summed E-state index contributed by atoms with van der Waals surface area (Å²) in [5.41, 5.74) is 1.26. The van der Waals surface area contributed by atoms with E-state index in [-0.39, 0.29) is 24.0 Å². The van der Waals surface area contributed by atoms with Crippen LogP contribution in [0.4, 0.5) is 0 Å². The molecule has 0 aromatic heterocycles. The zero-order valence-electron chi connectivity index (χ0n) is 17.0. The third kappa shape index (κ3) is 13.7. The largest absolute Gasteiger partial charge is 0.494 e. The van der Waals surface area contributed by atoms with Gasteiger partial charge in [-0.25, -0.2) is 0 Å². The monoisotopic (exact) mass is 493 g/mol. The Bertz CT molecular complexity index is 501. The number of nitrogens with one attached hydrogen (secondary N) is 2. The highest BCUT2D eigenvalue weighted by atomic mass is 127. The lowest BCUT2D eigenvalue weighted by Crippen LogP contribution is -2.38. The van der Waals surface area contributed by atoms with E-state index in [1.165, 1.54) is 5.56 Å². The zero-order valence-corrected chi connectivity index (χ0v) is 19.3. The highest BCUT2D eigenvalue weighted by Crippen LogP contribution is 2.13. The van der Waals surface area contributed by atoms with Gasteiger partial charge in [-0.1, -0.05) is 19.1 Å². The van der Waals surface area contributed by atoms with E-state index in [9.17, 15) is 0 Å². The fraction of sp³-hybridized carbons (Fsp3) is 0.650. The number of aliphatic imine (C=N–C) groups is 1. The fourth-order valence-electron chi connectivity index (χ4n) is 2.28. The van der Waals surface area contributed by atoms with E-state index in [1.807, 2.05) is 12.1 Å². The third-order valence-corrected chi connectivity index (χ3v) is 3.57. The Labute approximate surface area is 181 Å². The summed E-state index contributed by atoms with van der Waals surface area (Å²) < 4.78 is 16.1. The van der Waals surface area contributed by atoms with Crippen LogP contribution >= 0.6 is 24.0 Å². The van der Waals surface area contributed by atoms with Crippen LogP contribution < -0.4 is 15.4 Å². The molecule has 1 aromatic carbocycles. The maximum absolute atomic E-state index is 5.69. The van der Waals surface area contributed by atoms with Gasteiger partial charge in [-0.2, -0.15) is 0 Å². The maximum atomic E-state index is 5.69. The average Bonchev–Trinajstić information content (AvgIpc) is 2.66. The maximum Gasteiger partial charge on any atom is 0.191 e. The molecule has 1 rings (SSSR count). The molecular weight excluding hydrogens is 457 g/mol. The molecule has 0 heterocycles. The Morgan fingerprint density at radius 2 is 1.93 bits per heavy atom. The lowest BCUT2D eigenvalue weighted by atomic mass is 10.1. The Kier molecular flexibility index (Phi) is 17.6. The second kappa shape index (κ2) is 18.3. The van der Waals surface area contributed by atoms with Gasteiger partial charge in [0.25, 0.3) is 0 Å². The molecule has 2 N–H and O–H groups in total. The molecule has 0 aliphatic carbocycles. The molecule has 27 heavy (non-hydrogen) atoms. The molecule has 0 unspecified atom stereocenters. The molecule has 0 saturated carbocycles. The van der Waals surface area contributed by atoms with Crippen LogP contribution in [0.3, 0.4) is 0 Å². The van der Waals surface area contributed by atoms with Crippen molar-refractivity contribution in [1.29, 1.82) is 0 Å². The molecular formula is C20H36IN3O3. The number of benzene rings is 1. The summed E-state index contributed by atoms with van der Waals surface area (Å²) in [6, 6.07) is 8.29. The molecule has 0 spiro atoms. The van der Waals surface area contributed by atoms with Gasteiger partial charge in [-0.05, 0) is 43.9 Å². The molecule has 1 aromatic rings. The van der Waals surface area contributed by atoms with Crippen LogP contribution in [0, 0.1) is 0 Å². The molecule has 7 heteroatoms. The number of methoxy groups -OCH3 is 1. The number of hydrogen-bond acceptors (Lipinski definition) is 4. The van der Waals surface area contributed by atoms with E-state index < -0.39 is 0 Å². The van der Waals surface area contributed by atoms with Crippen molar-refractivity contribution in [1.82, 2.24) is 10.6 Å². The first-order valence-electron chi connectivity index (χ1n) is 9.60. The topological polar surface area (TPSA) is 64.1 Å². The van der Waals surface area contributed by atoms with Crippen LogP contribution in [0.15, 0.2) is 29.3 Å². The summed E-state index contributed by atoms with van der Waals surface area (Å²) >= 11 is 0. The van der Waals surface area contributed by atoms with Gasteiger partial charge in [0.2, 0.25) is 0 Å². The number of hydrogen-bond donors (Lipinski definition) is 2. The molecule has 6 nitrogen and oxygen atoms in total. The number of rotatable bonds is 14. The first kappa shape index (κ1) is 25.9. The Balaban J connectivity index is 0.00000676. The van der Waals surface area contributed by atoms with Gasteiger partial charge >= 0.3 is 0 Å². The van der Waals surface area contributed by atoms with E-state index in [1.54, 1.807) is 7.11 Å². The van der Waals surface area contributed by atoms with Crippen molar-refractivity contribution < 1.29 is 14.2 Å². The average molecular weight is 493 g/mol. The van der Waals surface area contributed by atoms with Gasteiger partial charge in [-0.3, -0.25) is 4.99 Å². The Morgan fingerprint density at radius 3 is 2.67 bits per heavy atom. The number of nitrogens with zero attached hydrogens (tertiary/aromatic N) is 1. The SMILES string of the molecule is CCCOc1cccc(CCNC(=NCCCOCCOC)NCC)c1.I. The minimum absolute atomic E-state index is 0. The zero-order chi connectivity index (χ0) is 18.9. The van der Waals surface area contributed by atoms with Gasteiger partial charge in [0.1, 0.15) is 5.75 Å². The van der Waals surface area contributed by atoms with Crippen LogP contribution in [0.2, 0.25) is 0 Å². The Hall–Kier alpha value is -1.06. The summed E-state index contributed by atoms with van der Waals surface area (Å²) in [6.07, 6.45) is 2.84. The van der Waals surface area contributed by atoms with Crippen molar-refractivity contribution in [2.75, 3.05) is 53.2 Å². The van der Waals surface area contributed by atoms with E-state index in [0.29, 0.717) is 19.8 Å². The van der Waals surface area contributed by atoms with Crippen LogP contribution in [-0.2, 0) is 15.9 Å². The van der Waals surface area contributed by atoms with Crippen LogP contribution in [-0.4, -0.2) is 59.1 Å². The molecule has 0 aliphatic heterocycles. The van der Waals surface area contributed by atoms with E-state index in [2.05, 4.69) is 41.6 Å². The lowest BCUT2D eigenvalue weighted by Gasteiger charge is -2.12. The van der Waals surface area contributed by atoms with Gasteiger partial charge in [-0.15, -0.1) is 24.0 Å². The highest BCUT2D eigenvalue weighted by Gasteiger charge is 2.00. The van der Waals surface area contributed by atoms with Crippen molar-refractivity contribution in [3.63, 3.8) is 0 Å². The first-order chi connectivity index (χ1) is 12.8. The molecule has 0 aliphatic rings. The lowest BCUT2D eigenvalue weighted by molar-refractivity contribution is 0.0702. The summed E-state index contributed by atoms with van der Waals surface area (Å²) in [5.74, 6) is 1.79. The van der Waals surface area contributed by atoms with Gasteiger partial charge in [0, 0.05) is 33.4 Å². The van der Waals surface area contributed by atoms with Crippen LogP contribution in [0.5, 0.6) is 5.75 Å². The van der Waals surface area contributed by atoms with E-state index in [4.69, 9.17) is 14.2 Å². The van der Waals surface area contributed by atoms with Crippen molar-refractivity contribution in [3.05, 3.63) is 29.8 Å². The third-order valence-electron chi connectivity index (χ3n) is 3.57. The predicted octanol–water partition coefficient (Wildman–Crippen LogP) is 3.24. The van der Waals surface area contributed by atoms with Gasteiger partial charge < -0.3 is 24.8 Å². The summed E-state index contributed by atoms with van der Waals surface area (Å²) in [4.78, 5) is 4.58. The smallest absolute Gasteiger partial charge is 0.191 e. The standard InChI is InChI=1S/C20H35N3O3.HI/c1-4-13-26-19-9-6-8-18(17-19)10-12-23-20(21-5-2)22-11-7-14-25-16-15-24-3;/h6,8-9,17H,4-5,7,10-16H2,1-3H3,(H2,21,22,23);1H. The Morgan fingerprint density at radius 1 is 1.07 bits per heavy atom. The number of halogens is 1. The molecule has 0 atom stereocenters. The number of ether oxygens (including phenoxy) is 3. The molecule has 0 fully saturated rings. The van der Waals surface area contributed by atoms with E-state index >= 15 is 0 Å². The minimum Gasteiger partial charge on any atom is -0.494 e. The molecule has 0 saturated heterocycles. The molecule has 156 valence electrons. The second-order valence-electron chi connectivity index (χ2n) is 5.89. The normalized spacial score (nSPS) is 11.0. The first-order valence-corrected chi connectivity index (χ1v) is 9.60. The van der Waals surface area contributed by atoms with Crippen molar-refractivity contribution in [2.24, 2.45) is 4.99 Å². The summed E-state index contributed by atoms with van der Waals surface area (Å²) in [6.45, 7) is 9.33. The van der Waals surface area contributed by atoms with E-state index in [0.717, 1.165) is 57.2 Å². The quantitative estimate of drug-likeness (QED) is 0.180. The van der Waals surface area contributed by atoms with Crippen LogP contribution in [0.1, 0.15) is 32.3 Å². The second-order valence-corrected chi connectivity index (χ2v) is 5.89. The fourth-order valence-corrected chi connectivity index (χ4v) is 2.28. The van der Waals surface area contributed by atoms with Crippen LogP contribution in [0.25, 0.3) is 0 Å². The minimum atomic E-state index is 0.